The van der Waals surface area contributed by atoms with Crippen molar-refractivity contribution in [3.8, 4) is 5.75 Å². The molecule has 20 heavy (non-hydrogen) atoms. The number of phenols is 1. The zero-order chi connectivity index (χ0) is 14.8. The molecule has 0 spiro atoms. The Balaban J connectivity index is 2.90. The van der Waals surface area contributed by atoms with Crippen molar-refractivity contribution in [1.82, 2.24) is 0 Å². The first-order valence-electron chi connectivity index (χ1n) is 6.41. The molecule has 2 N–H and O–H groups in total. The van der Waals surface area contributed by atoms with Gasteiger partial charge in [0, 0.05) is 5.92 Å². The monoisotopic (exact) mass is 268 g/mol. The zero-order valence-electron chi connectivity index (χ0n) is 11.4. The average Bonchev–Trinajstić information content (AvgIpc) is 2.47. The molecule has 0 radical (unpaired) electrons. The molecule has 0 heterocycles. The lowest BCUT2D eigenvalue weighted by atomic mass is 9.97. The van der Waals surface area contributed by atoms with Crippen molar-refractivity contribution in [2.75, 3.05) is 6.61 Å². The van der Waals surface area contributed by atoms with Crippen molar-refractivity contribution in [1.29, 1.82) is 0 Å². The molecule has 1 atom stereocenters. The van der Waals surface area contributed by atoms with Crippen LogP contribution in [-0.2, 0) is 0 Å². The van der Waals surface area contributed by atoms with Crippen molar-refractivity contribution >= 4 is 0 Å². The van der Waals surface area contributed by atoms with Crippen LogP contribution in [0.5, 0.6) is 5.75 Å². The molecule has 0 aliphatic carbocycles. The molecule has 0 saturated heterocycles. The molecule has 1 unspecified atom stereocenters. The highest BCUT2D eigenvalue weighted by molar-refractivity contribution is 5.38. The van der Waals surface area contributed by atoms with E-state index >= 15 is 0 Å². The minimum Gasteiger partial charge on any atom is -0.508 e. The highest BCUT2D eigenvalue weighted by atomic mass is 16.3. The third-order valence-electron chi connectivity index (χ3n) is 2.75. The number of aromatic hydroxyl groups is 1. The second-order valence-corrected chi connectivity index (χ2v) is 4.20. The molecule has 0 aromatic heterocycles. The molecular weight excluding hydrogens is 248 g/mol. The van der Waals surface area contributed by atoms with Gasteiger partial charge in [-0.05, 0) is 23.3 Å². The van der Waals surface area contributed by atoms with E-state index in [0.717, 1.165) is 11.1 Å². The second-order valence-electron chi connectivity index (χ2n) is 4.20. The predicted molar refractivity (Wildman–Crippen MR) is 84.7 cm³/mol. The summed E-state index contributed by atoms with van der Waals surface area (Å²) in [5.41, 5.74) is 2.00. The maximum Gasteiger partial charge on any atom is 0.115 e. The summed E-state index contributed by atoms with van der Waals surface area (Å²) in [7, 11) is 0. The number of benzene rings is 1. The summed E-state index contributed by atoms with van der Waals surface area (Å²) in [4.78, 5) is 0. The first-order chi connectivity index (χ1) is 9.71. The molecule has 1 rings (SSSR count). The van der Waals surface area contributed by atoms with Crippen molar-refractivity contribution in [2.24, 2.45) is 0 Å². The van der Waals surface area contributed by atoms with Crippen LogP contribution < -0.4 is 0 Å². The fourth-order valence-electron chi connectivity index (χ4n) is 1.73. The molecule has 2 nitrogen and oxygen atoms in total. The van der Waals surface area contributed by atoms with E-state index in [4.69, 9.17) is 5.11 Å². The Morgan fingerprint density at radius 2 is 1.85 bits per heavy atom. The van der Waals surface area contributed by atoms with Crippen LogP contribution in [0.1, 0.15) is 11.5 Å². The van der Waals surface area contributed by atoms with E-state index in [9.17, 15) is 5.11 Å². The quantitative estimate of drug-likeness (QED) is 0.582. The van der Waals surface area contributed by atoms with Gasteiger partial charge in [0.15, 0.2) is 0 Å². The molecule has 0 fully saturated rings. The lowest BCUT2D eigenvalue weighted by molar-refractivity contribution is 0.342. The number of allylic oxidation sites excluding steroid dienone is 7. The minimum absolute atomic E-state index is 0.00513. The smallest absolute Gasteiger partial charge is 0.115 e. The molecule has 1 aromatic rings. The largest absolute Gasteiger partial charge is 0.508 e. The Bertz CT molecular complexity index is 519. The Hall–Kier alpha value is -2.32. The average molecular weight is 268 g/mol. The highest BCUT2D eigenvalue weighted by Gasteiger charge is 2.03. The second kappa shape index (κ2) is 8.73. The number of aliphatic hydroxyl groups is 1. The lowest BCUT2D eigenvalue weighted by Crippen LogP contribution is -1.90. The molecular formula is C18H20O2. The standard InChI is InChI=1S/C18H20O2/c1-3-6-15(7-5-14-19)8-9-16(4-2)17-10-12-18(20)13-11-17/h3-13,16,19-20H,1-2,14H2/b7-5-,9-8-,15-6+. The van der Waals surface area contributed by atoms with E-state index in [1.807, 2.05) is 42.5 Å². The predicted octanol–water partition coefficient (Wildman–Crippen LogP) is 3.88. The van der Waals surface area contributed by atoms with E-state index in [1.54, 1.807) is 24.3 Å². The van der Waals surface area contributed by atoms with E-state index in [0.29, 0.717) is 0 Å². The van der Waals surface area contributed by atoms with Crippen LogP contribution >= 0.6 is 0 Å². The molecule has 0 bridgehead atoms. The first kappa shape index (κ1) is 15.7. The number of hydrogen-bond acceptors (Lipinski definition) is 2. The summed E-state index contributed by atoms with van der Waals surface area (Å²) in [5.74, 6) is 0.310. The van der Waals surface area contributed by atoms with Crippen LogP contribution in [0, 0.1) is 0 Å². The summed E-state index contributed by atoms with van der Waals surface area (Å²) >= 11 is 0. The van der Waals surface area contributed by atoms with Gasteiger partial charge in [-0.3, -0.25) is 0 Å². The summed E-state index contributed by atoms with van der Waals surface area (Å²) in [6.07, 6.45) is 12.9. The van der Waals surface area contributed by atoms with Gasteiger partial charge in [-0.1, -0.05) is 61.2 Å². The Morgan fingerprint density at radius 3 is 2.40 bits per heavy atom. The lowest BCUT2D eigenvalue weighted by Gasteiger charge is -2.08. The van der Waals surface area contributed by atoms with Gasteiger partial charge in [-0.2, -0.15) is 0 Å². The number of rotatable bonds is 7. The first-order valence-corrected chi connectivity index (χ1v) is 6.41. The number of aliphatic hydroxyl groups excluding tert-OH is 1. The van der Waals surface area contributed by atoms with Gasteiger partial charge in [0.1, 0.15) is 5.75 Å². The van der Waals surface area contributed by atoms with E-state index in [1.165, 1.54) is 0 Å². The molecule has 104 valence electrons. The topological polar surface area (TPSA) is 40.5 Å². The van der Waals surface area contributed by atoms with Gasteiger partial charge in [0.25, 0.3) is 0 Å². The molecule has 1 aromatic carbocycles. The van der Waals surface area contributed by atoms with Crippen LogP contribution in [0.3, 0.4) is 0 Å². The van der Waals surface area contributed by atoms with Crippen LogP contribution in [0.4, 0.5) is 0 Å². The molecule has 0 aliphatic heterocycles. The van der Waals surface area contributed by atoms with Crippen LogP contribution in [0.25, 0.3) is 0 Å². The van der Waals surface area contributed by atoms with Gasteiger partial charge in [0.05, 0.1) is 6.61 Å². The van der Waals surface area contributed by atoms with Gasteiger partial charge >= 0.3 is 0 Å². The summed E-state index contributed by atoms with van der Waals surface area (Å²) in [6, 6.07) is 7.05. The SMILES string of the molecule is C=C/C=C(\C=C/CO)/C=C\C(C=C)c1ccc(O)cc1. The zero-order valence-corrected chi connectivity index (χ0v) is 11.4. The molecule has 2 heteroatoms. The van der Waals surface area contributed by atoms with Crippen molar-refractivity contribution in [2.45, 2.75) is 5.92 Å². The van der Waals surface area contributed by atoms with E-state index < -0.39 is 0 Å². The van der Waals surface area contributed by atoms with Gasteiger partial charge in [0.2, 0.25) is 0 Å². The van der Waals surface area contributed by atoms with Gasteiger partial charge < -0.3 is 10.2 Å². The Labute approximate surface area is 120 Å². The number of phenolic OH excluding ortho intramolecular Hbond substituents is 1. The summed E-state index contributed by atoms with van der Waals surface area (Å²) in [5, 5.41) is 18.1. The van der Waals surface area contributed by atoms with Crippen LogP contribution in [0.2, 0.25) is 0 Å². The normalized spacial score (nSPS) is 13.8. The maximum atomic E-state index is 9.30. The van der Waals surface area contributed by atoms with Crippen LogP contribution in [0.15, 0.2) is 85.5 Å². The van der Waals surface area contributed by atoms with Gasteiger partial charge in [-0.15, -0.1) is 6.58 Å². The Morgan fingerprint density at radius 1 is 1.15 bits per heavy atom. The minimum atomic E-state index is 0.00513. The van der Waals surface area contributed by atoms with E-state index in [2.05, 4.69) is 13.2 Å². The van der Waals surface area contributed by atoms with Crippen molar-refractivity contribution < 1.29 is 10.2 Å². The molecule has 0 amide bonds. The highest BCUT2D eigenvalue weighted by Crippen LogP contribution is 2.21. The third kappa shape index (κ3) is 5.12. The summed E-state index contributed by atoms with van der Waals surface area (Å²) in [6.45, 7) is 7.51. The van der Waals surface area contributed by atoms with Gasteiger partial charge in [-0.25, -0.2) is 0 Å². The molecule has 0 aliphatic rings. The van der Waals surface area contributed by atoms with Crippen molar-refractivity contribution in [3.05, 3.63) is 91.1 Å². The van der Waals surface area contributed by atoms with Crippen molar-refractivity contribution in [3.63, 3.8) is 0 Å². The molecule has 0 saturated carbocycles. The van der Waals surface area contributed by atoms with Crippen LogP contribution in [-0.4, -0.2) is 16.8 Å². The fourth-order valence-corrected chi connectivity index (χ4v) is 1.73. The maximum absolute atomic E-state index is 9.30. The summed E-state index contributed by atoms with van der Waals surface area (Å²) < 4.78 is 0. The number of hydrogen-bond donors (Lipinski definition) is 2. The Kier molecular flexibility index (Phi) is 6.87. The van der Waals surface area contributed by atoms with E-state index in [-0.39, 0.29) is 18.3 Å². The fraction of sp³-hybridized carbons (Fsp3) is 0.111. The third-order valence-corrected chi connectivity index (χ3v) is 2.75.